The van der Waals surface area contributed by atoms with Crippen molar-refractivity contribution in [3.63, 3.8) is 0 Å². The summed E-state index contributed by atoms with van der Waals surface area (Å²) in [6, 6.07) is 6.34. The fourth-order valence-electron chi connectivity index (χ4n) is 5.07. The molecule has 222 valence electrons. The molecule has 0 fully saturated rings. The number of unbranched alkanes of at least 4 members (excludes halogenated alkanes) is 3. The number of aromatic nitrogens is 4. The van der Waals surface area contributed by atoms with Crippen molar-refractivity contribution >= 4 is 23.2 Å². The molecule has 0 aliphatic heterocycles. The highest BCUT2D eigenvalue weighted by Crippen LogP contribution is 2.41. The summed E-state index contributed by atoms with van der Waals surface area (Å²) in [7, 11) is 0. The third-order valence-electron chi connectivity index (χ3n) is 8.94. The van der Waals surface area contributed by atoms with E-state index in [4.69, 9.17) is 11.6 Å². The van der Waals surface area contributed by atoms with Crippen LogP contribution in [0.2, 0.25) is 5.02 Å². The van der Waals surface area contributed by atoms with E-state index in [-0.39, 0.29) is 22.7 Å². The largest absolute Gasteiger partial charge is 0.375 e. The maximum Gasteiger partial charge on any atom is 0.256 e. The zero-order valence-corrected chi connectivity index (χ0v) is 26.8. The molecule has 2 heterocycles. The van der Waals surface area contributed by atoms with Crippen LogP contribution in [0.15, 0.2) is 18.2 Å². The Bertz CT molecular complexity index is 1310. The van der Waals surface area contributed by atoms with Crippen LogP contribution in [0.4, 0.5) is 0 Å². The monoisotopic (exact) mass is 571 g/mol. The predicted octanol–water partition coefficient (Wildman–Crippen LogP) is 7.47. The Kier molecular flexibility index (Phi) is 10.2. The number of fused-ring (bicyclic) bond motifs is 1. The van der Waals surface area contributed by atoms with E-state index in [0.717, 1.165) is 49.8 Å². The van der Waals surface area contributed by atoms with Crippen molar-refractivity contribution in [3.8, 4) is 0 Å². The molecular weight excluding hydrogens is 522 g/mol. The Balaban J connectivity index is 1.96. The zero-order valence-electron chi connectivity index (χ0n) is 26.0. The van der Waals surface area contributed by atoms with Crippen LogP contribution < -0.4 is 5.32 Å². The molecule has 0 saturated carbocycles. The minimum atomic E-state index is -1.64. The first kappa shape index (κ1) is 32.1. The van der Waals surface area contributed by atoms with E-state index >= 15 is 0 Å². The molecule has 3 aromatic rings. The van der Waals surface area contributed by atoms with Gasteiger partial charge in [0, 0.05) is 12.5 Å². The fraction of sp³-hybridized carbons (Fsp3) is 0.656. The van der Waals surface area contributed by atoms with E-state index in [9.17, 15) is 9.90 Å². The number of carbonyl (C=O) groups is 1. The van der Waals surface area contributed by atoms with Crippen molar-refractivity contribution in [2.75, 3.05) is 6.54 Å². The van der Waals surface area contributed by atoms with E-state index in [2.05, 4.69) is 81.1 Å². The number of hydrogen-bond donors (Lipinski definition) is 3. The predicted molar refractivity (Wildman–Crippen MR) is 164 cm³/mol. The van der Waals surface area contributed by atoms with Gasteiger partial charge in [-0.1, -0.05) is 104 Å². The van der Waals surface area contributed by atoms with Crippen LogP contribution in [0.3, 0.4) is 0 Å². The zero-order chi connectivity index (χ0) is 29.9. The second kappa shape index (κ2) is 12.6. The number of halogens is 1. The van der Waals surface area contributed by atoms with Crippen LogP contribution in [-0.4, -0.2) is 37.4 Å². The lowest BCUT2D eigenvalue weighted by Crippen LogP contribution is -2.47. The number of nitrogens with zero attached hydrogens (tertiary/aromatic N) is 3. The summed E-state index contributed by atoms with van der Waals surface area (Å²) < 4.78 is 1.56. The molecule has 2 atom stereocenters. The topological polar surface area (TPSA) is 95.3 Å². The number of rotatable bonds is 14. The first-order chi connectivity index (χ1) is 18.7. The first-order valence-electron chi connectivity index (χ1n) is 15.0. The summed E-state index contributed by atoms with van der Waals surface area (Å²) in [5.41, 5.74) is 2.51. The molecule has 40 heavy (non-hydrogen) atoms. The van der Waals surface area contributed by atoms with Crippen LogP contribution in [0.25, 0.3) is 5.65 Å². The number of amides is 1. The first-order valence-corrected chi connectivity index (χ1v) is 15.4. The Morgan fingerprint density at radius 2 is 1.75 bits per heavy atom. The number of benzene rings is 1. The van der Waals surface area contributed by atoms with Gasteiger partial charge >= 0.3 is 0 Å². The van der Waals surface area contributed by atoms with E-state index in [0.29, 0.717) is 35.0 Å². The molecule has 8 heteroatoms. The molecule has 1 aromatic carbocycles. The van der Waals surface area contributed by atoms with Crippen molar-refractivity contribution in [1.82, 2.24) is 25.1 Å². The second-order valence-corrected chi connectivity index (χ2v) is 13.2. The maximum absolute atomic E-state index is 14.0. The van der Waals surface area contributed by atoms with Gasteiger partial charge in [0.15, 0.2) is 17.1 Å². The molecule has 0 bridgehead atoms. The van der Waals surface area contributed by atoms with E-state index in [1.54, 1.807) is 4.63 Å². The third-order valence-corrected chi connectivity index (χ3v) is 9.40. The van der Waals surface area contributed by atoms with E-state index in [1.165, 1.54) is 5.56 Å². The number of aliphatic hydroxyl groups is 1. The van der Waals surface area contributed by atoms with Gasteiger partial charge in [-0.3, -0.25) is 9.89 Å². The molecule has 3 N–H and O–H groups in total. The number of aryl methyl sites for hydroxylation is 1. The van der Waals surface area contributed by atoms with Gasteiger partial charge in [0.1, 0.15) is 5.02 Å². The minimum absolute atomic E-state index is 0.00263. The van der Waals surface area contributed by atoms with Crippen LogP contribution in [0, 0.1) is 6.92 Å². The molecule has 2 unspecified atom stereocenters. The SMILES string of the molecule is CCCCCCC(O)(C(=O)NCC(C)c1nc2c(Cl)c(C)[nH]n2n1)c1ccc(C(C)(C)CC)cc1C(C)(C)CC. The lowest BCUT2D eigenvalue weighted by Gasteiger charge is -2.36. The Labute approximate surface area is 245 Å². The molecule has 0 spiro atoms. The number of hydrogen-bond acceptors (Lipinski definition) is 4. The lowest BCUT2D eigenvalue weighted by atomic mass is 9.71. The number of nitrogens with one attached hydrogen (secondary N) is 2. The molecule has 0 aliphatic rings. The molecule has 2 aromatic heterocycles. The van der Waals surface area contributed by atoms with Gasteiger partial charge in [0.2, 0.25) is 0 Å². The summed E-state index contributed by atoms with van der Waals surface area (Å²) in [4.78, 5) is 18.5. The minimum Gasteiger partial charge on any atom is -0.375 e. The number of aromatic amines is 1. The van der Waals surface area contributed by atoms with Crippen LogP contribution in [-0.2, 0) is 21.2 Å². The number of H-pyrrole nitrogens is 1. The smallest absolute Gasteiger partial charge is 0.256 e. The highest BCUT2D eigenvalue weighted by Gasteiger charge is 2.42. The molecule has 3 rings (SSSR count). The highest BCUT2D eigenvalue weighted by molar-refractivity contribution is 6.34. The van der Waals surface area contributed by atoms with Crippen molar-refractivity contribution in [3.05, 3.63) is 51.4 Å². The van der Waals surface area contributed by atoms with Crippen LogP contribution in [0.5, 0.6) is 0 Å². The van der Waals surface area contributed by atoms with E-state index in [1.807, 2.05) is 19.9 Å². The Hall–Kier alpha value is -2.38. The van der Waals surface area contributed by atoms with Crippen molar-refractivity contribution in [2.24, 2.45) is 0 Å². The summed E-state index contributed by atoms with van der Waals surface area (Å²) in [6.07, 6.45) is 6.17. The lowest BCUT2D eigenvalue weighted by molar-refractivity contribution is -0.142. The van der Waals surface area contributed by atoms with Crippen LogP contribution in [0.1, 0.15) is 134 Å². The van der Waals surface area contributed by atoms with Crippen molar-refractivity contribution < 1.29 is 9.90 Å². The average Bonchev–Trinajstić information content (AvgIpc) is 3.47. The van der Waals surface area contributed by atoms with Gasteiger partial charge < -0.3 is 10.4 Å². The molecule has 0 radical (unpaired) electrons. The summed E-state index contributed by atoms with van der Waals surface area (Å²) in [5.74, 6) is 0.0429. The van der Waals surface area contributed by atoms with Gasteiger partial charge in [-0.15, -0.1) is 5.10 Å². The standard InChI is InChI=1S/C32H50ClN5O2/c1-10-13-14-15-18-32(40,24-17-16-23(30(6,7)11-2)19-25(24)31(8,9)12-3)29(39)34-20-21(4)27-35-28-26(33)22(5)36-38(28)37-27/h16-17,19,21,36,40H,10-15,18,20H2,1-9H3,(H,34,39). The highest BCUT2D eigenvalue weighted by atomic mass is 35.5. The molecular formula is C32H50ClN5O2. The molecule has 1 amide bonds. The summed E-state index contributed by atoms with van der Waals surface area (Å²) in [5, 5.41) is 23.5. The van der Waals surface area contributed by atoms with Crippen LogP contribution >= 0.6 is 11.6 Å². The fourth-order valence-corrected chi connectivity index (χ4v) is 5.24. The summed E-state index contributed by atoms with van der Waals surface area (Å²) >= 11 is 6.34. The van der Waals surface area contributed by atoms with Gasteiger partial charge in [-0.2, -0.15) is 4.63 Å². The molecule has 0 aliphatic carbocycles. The van der Waals surface area contributed by atoms with Gasteiger partial charge in [0.25, 0.3) is 5.91 Å². The van der Waals surface area contributed by atoms with Gasteiger partial charge in [-0.25, -0.2) is 4.98 Å². The van der Waals surface area contributed by atoms with Crippen molar-refractivity contribution in [1.29, 1.82) is 0 Å². The average molecular weight is 572 g/mol. The Morgan fingerprint density at radius 3 is 2.35 bits per heavy atom. The van der Waals surface area contributed by atoms with Crippen molar-refractivity contribution in [2.45, 2.75) is 130 Å². The quantitative estimate of drug-likeness (QED) is 0.175. The normalized spacial score (nSPS) is 14.9. The second-order valence-electron chi connectivity index (χ2n) is 12.8. The maximum atomic E-state index is 14.0. The number of carbonyl (C=O) groups excluding carboxylic acids is 1. The Morgan fingerprint density at radius 1 is 1.07 bits per heavy atom. The van der Waals surface area contributed by atoms with E-state index < -0.39 is 5.60 Å². The molecule has 7 nitrogen and oxygen atoms in total. The van der Waals surface area contributed by atoms with Gasteiger partial charge in [0.05, 0.1) is 5.69 Å². The third kappa shape index (κ3) is 6.57. The summed E-state index contributed by atoms with van der Waals surface area (Å²) in [6.45, 7) is 19.5. The molecule has 0 saturated heterocycles. The van der Waals surface area contributed by atoms with Gasteiger partial charge in [-0.05, 0) is 60.1 Å².